The number of carbonyl (C=O) groups excluding carboxylic acids is 1. The predicted octanol–water partition coefficient (Wildman–Crippen LogP) is 5.22. The quantitative estimate of drug-likeness (QED) is 0.712. The van der Waals surface area contributed by atoms with Gasteiger partial charge in [-0.25, -0.2) is 0 Å². The van der Waals surface area contributed by atoms with Gasteiger partial charge in [-0.1, -0.05) is 55.1 Å². The van der Waals surface area contributed by atoms with E-state index in [2.05, 4.69) is 17.2 Å². The highest BCUT2D eigenvalue weighted by Crippen LogP contribution is 2.36. The Morgan fingerprint density at radius 3 is 2.47 bits per heavy atom. The lowest BCUT2D eigenvalue weighted by atomic mass is 9.84. The van der Waals surface area contributed by atoms with E-state index in [-0.39, 0.29) is 13.0 Å². The number of amides is 1. The van der Waals surface area contributed by atoms with Crippen LogP contribution in [-0.4, -0.2) is 28.3 Å². The predicted molar refractivity (Wildman–Crippen MR) is 118 cm³/mol. The van der Waals surface area contributed by atoms with Crippen molar-refractivity contribution in [3.05, 3.63) is 64.7 Å². The Kier molecular flexibility index (Phi) is 6.11. The third-order valence-electron chi connectivity index (χ3n) is 5.99. The molecule has 0 aromatic heterocycles. The lowest BCUT2D eigenvalue weighted by molar-refractivity contribution is -0.159. The van der Waals surface area contributed by atoms with Crippen LogP contribution in [-0.2, 0) is 10.5 Å². The van der Waals surface area contributed by atoms with Crippen molar-refractivity contribution in [1.29, 1.82) is 0 Å². The second-order valence-electron chi connectivity index (χ2n) is 8.23. The average Bonchev–Trinajstić information content (AvgIpc) is 3.08. The minimum atomic E-state index is -1.53. The van der Waals surface area contributed by atoms with Gasteiger partial charge in [-0.05, 0) is 55.5 Å². The van der Waals surface area contributed by atoms with Crippen LogP contribution < -0.4 is 4.74 Å². The first kappa shape index (κ1) is 20.9. The molecule has 1 saturated carbocycles. The number of rotatable bonds is 5. The van der Waals surface area contributed by atoms with Gasteiger partial charge >= 0.3 is 0 Å². The van der Waals surface area contributed by atoms with Crippen molar-refractivity contribution in [3.8, 4) is 5.75 Å². The molecular formula is C24H27ClN2O3. The smallest absolute Gasteiger partial charge is 0.283 e. The molecule has 0 saturated heterocycles. The molecule has 5 nitrogen and oxygen atoms in total. The lowest BCUT2D eigenvalue weighted by Crippen LogP contribution is -2.45. The summed E-state index contributed by atoms with van der Waals surface area (Å²) in [6.07, 6.45) is 6.66. The number of aliphatic hydroxyl groups is 1. The van der Waals surface area contributed by atoms with E-state index < -0.39 is 11.6 Å². The van der Waals surface area contributed by atoms with Gasteiger partial charge in [0, 0.05) is 22.7 Å². The van der Waals surface area contributed by atoms with E-state index >= 15 is 0 Å². The van der Waals surface area contributed by atoms with Crippen molar-refractivity contribution in [3.63, 3.8) is 0 Å². The molecule has 1 aliphatic carbocycles. The summed E-state index contributed by atoms with van der Waals surface area (Å²) in [6.45, 7) is 1.59. The van der Waals surface area contributed by atoms with Crippen molar-refractivity contribution in [2.24, 2.45) is 5.10 Å². The van der Waals surface area contributed by atoms with Crippen LogP contribution in [0.25, 0.3) is 0 Å². The standard InChI is InChI=1S/C24H27ClN2O3/c1-17-15-24(29,20-9-11-21(25)12-10-20)27(26-17)23(28)16-30-22-13-7-19(8-14-22)18-5-3-2-4-6-18/h7-14,18,29H,2-6,15-16H2,1H3/t24-/m0/s1. The number of halogens is 1. The fourth-order valence-electron chi connectivity index (χ4n) is 4.40. The maximum atomic E-state index is 12.8. The van der Waals surface area contributed by atoms with E-state index in [1.165, 1.54) is 37.7 Å². The van der Waals surface area contributed by atoms with Crippen molar-refractivity contribution >= 4 is 23.2 Å². The number of carbonyl (C=O) groups is 1. The SMILES string of the molecule is CC1=NN(C(=O)COc2ccc(C3CCCCC3)cc2)[C@@](O)(c2ccc(Cl)cc2)C1. The molecular weight excluding hydrogens is 400 g/mol. The molecule has 30 heavy (non-hydrogen) atoms. The molecule has 0 radical (unpaired) electrons. The number of nitrogens with zero attached hydrogens (tertiary/aromatic N) is 2. The topological polar surface area (TPSA) is 62.1 Å². The Hall–Kier alpha value is -2.37. The summed E-state index contributed by atoms with van der Waals surface area (Å²) in [5.41, 5.74) is 1.06. The summed E-state index contributed by atoms with van der Waals surface area (Å²) < 4.78 is 5.71. The van der Waals surface area contributed by atoms with Crippen LogP contribution in [0.4, 0.5) is 0 Å². The summed E-state index contributed by atoms with van der Waals surface area (Å²) in [4.78, 5) is 12.8. The molecule has 4 rings (SSSR count). The van der Waals surface area contributed by atoms with Gasteiger partial charge in [0.15, 0.2) is 12.3 Å². The zero-order chi connectivity index (χ0) is 21.1. The average molecular weight is 427 g/mol. The Balaban J connectivity index is 1.41. The van der Waals surface area contributed by atoms with E-state index in [0.29, 0.717) is 28.0 Å². The molecule has 0 spiro atoms. The third kappa shape index (κ3) is 4.37. The summed E-state index contributed by atoms with van der Waals surface area (Å²) in [7, 11) is 0. The monoisotopic (exact) mass is 426 g/mol. The van der Waals surface area contributed by atoms with Gasteiger partial charge in [-0.2, -0.15) is 10.1 Å². The highest BCUT2D eigenvalue weighted by atomic mass is 35.5. The zero-order valence-corrected chi connectivity index (χ0v) is 17.9. The number of hydrogen-bond donors (Lipinski definition) is 1. The van der Waals surface area contributed by atoms with E-state index in [1.54, 1.807) is 31.2 Å². The Bertz CT molecular complexity index is 920. The van der Waals surface area contributed by atoms with Gasteiger partial charge in [-0.15, -0.1) is 0 Å². The Labute approximate surface area is 182 Å². The molecule has 0 unspecified atom stereocenters. The fourth-order valence-corrected chi connectivity index (χ4v) is 4.53. The molecule has 1 fully saturated rings. The number of benzene rings is 2. The molecule has 2 aromatic carbocycles. The highest BCUT2D eigenvalue weighted by molar-refractivity contribution is 6.30. The maximum Gasteiger partial charge on any atom is 0.283 e. The summed E-state index contributed by atoms with van der Waals surface area (Å²) >= 11 is 5.96. The maximum absolute atomic E-state index is 12.8. The molecule has 158 valence electrons. The third-order valence-corrected chi connectivity index (χ3v) is 6.24. The summed E-state index contributed by atoms with van der Waals surface area (Å²) in [5, 5.41) is 17.2. The van der Waals surface area contributed by atoms with Crippen molar-refractivity contribution in [2.75, 3.05) is 6.61 Å². The summed E-state index contributed by atoms with van der Waals surface area (Å²) in [5.74, 6) is 0.865. The van der Waals surface area contributed by atoms with Crippen LogP contribution in [0.15, 0.2) is 53.6 Å². The second kappa shape index (κ2) is 8.78. The minimum absolute atomic E-state index is 0.199. The normalized spacial score (nSPS) is 22.1. The van der Waals surface area contributed by atoms with Gasteiger partial charge < -0.3 is 9.84 Å². The summed E-state index contributed by atoms with van der Waals surface area (Å²) in [6, 6.07) is 14.8. The van der Waals surface area contributed by atoms with Crippen LogP contribution >= 0.6 is 11.6 Å². The van der Waals surface area contributed by atoms with E-state index in [0.717, 1.165) is 5.01 Å². The lowest BCUT2D eigenvalue weighted by Gasteiger charge is -2.31. The molecule has 6 heteroatoms. The van der Waals surface area contributed by atoms with Crippen LogP contribution in [0, 0.1) is 0 Å². The van der Waals surface area contributed by atoms with E-state index in [4.69, 9.17) is 16.3 Å². The molecule has 1 aliphatic heterocycles. The van der Waals surface area contributed by atoms with E-state index in [1.807, 2.05) is 12.1 Å². The minimum Gasteiger partial charge on any atom is -0.484 e. The van der Waals surface area contributed by atoms with Crippen molar-refractivity contribution in [1.82, 2.24) is 5.01 Å². The molecule has 1 amide bonds. The first-order chi connectivity index (χ1) is 14.5. The molecule has 1 atom stereocenters. The Morgan fingerprint density at radius 1 is 1.13 bits per heavy atom. The van der Waals surface area contributed by atoms with Crippen molar-refractivity contribution < 1.29 is 14.6 Å². The van der Waals surface area contributed by atoms with Gasteiger partial charge in [-0.3, -0.25) is 4.79 Å². The molecule has 1 N–H and O–H groups in total. The fraction of sp³-hybridized carbons (Fsp3) is 0.417. The largest absolute Gasteiger partial charge is 0.484 e. The number of ether oxygens (including phenoxy) is 1. The molecule has 2 aliphatic rings. The van der Waals surface area contributed by atoms with Crippen LogP contribution in [0.1, 0.15) is 62.5 Å². The first-order valence-corrected chi connectivity index (χ1v) is 10.9. The molecule has 2 aromatic rings. The van der Waals surface area contributed by atoms with Gasteiger partial charge in [0.1, 0.15) is 5.75 Å². The van der Waals surface area contributed by atoms with Gasteiger partial charge in [0.2, 0.25) is 0 Å². The van der Waals surface area contributed by atoms with Gasteiger partial charge in [0.25, 0.3) is 5.91 Å². The molecule has 0 bridgehead atoms. The number of hydrazone groups is 1. The first-order valence-electron chi connectivity index (χ1n) is 10.5. The molecule has 1 heterocycles. The van der Waals surface area contributed by atoms with E-state index in [9.17, 15) is 9.90 Å². The van der Waals surface area contributed by atoms with Crippen LogP contribution in [0.3, 0.4) is 0 Å². The van der Waals surface area contributed by atoms with Crippen molar-refractivity contribution in [2.45, 2.75) is 57.1 Å². The van der Waals surface area contributed by atoms with Gasteiger partial charge in [0.05, 0.1) is 0 Å². The highest BCUT2D eigenvalue weighted by Gasteiger charge is 2.44. The second-order valence-corrected chi connectivity index (χ2v) is 8.67. The zero-order valence-electron chi connectivity index (χ0n) is 17.2. The number of hydrogen-bond acceptors (Lipinski definition) is 4. The van der Waals surface area contributed by atoms with Crippen LogP contribution in [0.5, 0.6) is 5.75 Å². The Morgan fingerprint density at radius 2 is 1.80 bits per heavy atom. The van der Waals surface area contributed by atoms with Crippen LogP contribution in [0.2, 0.25) is 5.02 Å².